The molecule has 0 aliphatic rings. The Labute approximate surface area is 159 Å². The van der Waals surface area contributed by atoms with Gasteiger partial charge in [-0.15, -0.1) is 0 Å². The van der Waals surface area contributed by atoms with Crippen molar-refractivity contribution in [3.8, 4) is 11.5 Å². The van der Waals surface area contributed by atoms with Gasteiger partial charge in [0.2, 0.25) is 0 Å². The molecule has 2 rings (SSSR count). The smallest absolute Gasteiger partial charge is 0.251 e. The molecule has 2 N–H and O–H groups in total. The number of nitrogens with one attached hydrogen (secondary N) is 2. The van der Waals surface area contributed by atoms with Crippen LogP contribution in [0, 0.1) is 0 Å². The van der Waals surface area contributed by atoms with Gasteiger partial charge in [0, 0.05) is 29.3 Å². The largest absolute Gasteiger partial charge is 0.497 e. The van der Waals surface area contributed by atoms with Crippen LogP contribution in [0.1, 0.15) is 47.1 Å². The third-order valence-corrected chi connectivity index (χ3v) is 3.76. The summed E-state index contributed by atoms with van der Waals surface area (Å²) in [6.45, 7) is 6.08. The van der Waals surface area contributed by atoms with Gasteiger partial charge in [-0.1, -0.05) is 0 Å². The predicted molar refractivity (Wildman–Crippen MR) is 104 cm³/mol. The lowest BCUT2D eigenvalue weighted by Crippen LogP contribution is -2.40. The second-order valence-electron chi connectivity index (χ2n) is 7.19. The number of carbonyl (C=O) groups excluding carboxylic acids is 2. The van der Waals surface area contributed by atoms with E-state index in [1.807, 2.05) is 32.9 Å². The maximum atomic E-state index is 12.4. The van der Waals surface area contributed by atoms with Crippen LogP contribution in [0.2, 0.25) is 0 Å². The summed E-state index contributed by atoms with van der Waals surface area (Å²) in [6, 6.07) is 12.0. The van der Waals surface area contributed by atoms with Crippen molar-refractivity contribution < 1.29 is 19.1 Å². The fraction of sp³-hybridized carbons (Fsp3) is 0.333. The summed E-state index contributed by atoms with van der Waals surface area (Å²) in [7, 11) is 3.16. The summed E-state index contributed by atoms with van der Waals surface area (Å²) < 4.78 is 10.5. The van der Waals surface area contributed by atoms with Crippen molar-refractivity contribution >= 4 is 11.8 Å². The van der Waals surface area contributed by atoms with Gasteiger partial charge in [0.15, 0.2) is 0 Å². The van der Waals surface area contributed by atoms with E-state index in [-0.39, 0.29) is 17.4 Å². The third-order valence-electron chi connectivity index (χ3n) is 3.76. The lowest BCUT2D eigenvalue weighted by molar-refractivity contribution is 0.0915. The van der Waals surface area contributed by atoms with Gasteiger partial charge in [-0.25, -0.2) is 0 Å². The Hall–Kier alpha value is -3.02. The zero-order valence-corrected chi connectivity index (χ0v) is 16.4. The number of benzene rings is 2. The third kappa shape index (κ3) is 6.02. The highest BCUT2D eigenvalue weighted by molar-refractivity contribution is 5.98. The van der Waals surface area contributed by atoms with E-state index in [0.717, 1.165) is 5.56 Å². The van der Waals surface area contributed by atoms with Crippen molar-refractivity contribution in [1.29, 1.82) is 0 Å². The van der Waals surface area contributed by atoms with Gasteiger partial charge in [-0.05, 0) is 62.7 Å². The number of methoxy groups -OCH3 is 2. The minimum Gasteiger partial charge on any atom is -0.497 e. The van der Waals surface area contributed by atoms with Gasteiger partial charge in [-0.3, -0.25) is 9.59 Å². The minimum atomic E-state index is -0.315. The van der Waals surface area contributed by atoms with Gasteiger partial charge >= 0.3 is 0 Å². The van der Waals surface area contributed by atoms with Crippen molar-refractivity contribution in [3.05, 3.63) is 59.2 Å². The standard InChI is InChI=1S/C21H26N2O4/c1-21(2,3)23-20(25)16-8-6-15(7-9-16)19(24)22-13-14-10-17(26-4)12-18(11-14)27-5/h6-12H,13H2,1-5H3,(H,22,24)(H,23,25). The molecule has 0 aromatic heterocycles. The average molecular weight is 370 g/mol. The zero-order chi connectivity index (χ0) is 20.0. The molecule has 0 bridgehead atoms. The molecule has 0 aliphatic carbocycles. The number of hydrogen-bond acceptors (Lipinski definition) is 4. The zero-order valence-electron chi connectivity index (χ0n) is 16.4. The first kappa shape index (κ1) is 20.3. The minimum absolute atomic E-state index is 0.169. The highest BCUT2D eigenvalue weighted by Gasteiger charge is 2.15. The summed E-state index contributed by atoms with van der Waals surface area (Å²) in [5.74, 6) is 0.929. The van der Waals surface area contributed by atoms with E-state index in [4.69, 9.17) is 9.47 Å². The Morgan fingerprint density at radius 3 is 1.78 bits per heavy atom. The molecule has 0 aliphatic heterocycles. The van der Waals surface area contributed by atoms with Crippen LogP contribution in [-0.4, -0.2) is 31.6 Å². The first-order chi connectivity index (χ1) is 12.7. The van der Waals surface area contributed by atoms with Crippen LogP contribution in [0.5, 0.6) is 11.5 Å². The molecule has 6 nitrogen and oxygen atoms in total. The fourth-order valence-electron chi connectivity index (χ4n) is 2.44. The molecule has 0 atom stereocenters. The predicted octanol–water partition coefficient (Wildman–Crippen LogP) is 3.16. The molecule has 144 valence electrons. The van der Waals surface area contributed by atoms with Gasteiger partial charge < -0.3 is 20.1 Å². The van der Waals surface area contributed by atoms with E-state index in [9.17, 15) is 9.59 Å². The Kier molecular flexibility index (Phi) is 6.45. The van der Waals surface area contributed by atoms with E-state index in [1.54, 1.807) is 44.6 Å². The number of rotatable bonds is 6. The fourth-order valence-corrected chi connectivity index (χ4v) is 2.44. The summed E-state index contributed by atoms with van der Waals surface area (Å²) in [4.78, 5) is 24.5. The van der Waals surface area contributed by atoms with Gasteiger partial charge in [0.05, 0.1) is 14.2 Å². The molecule has 0 fully saturated rings. The van der Waals surface area contributed by atoms with Crippen molar-refractivity contribution in [3.63, 3.8) is 0 Å². The Morgan fingerprint density at radius 1 is 0.852 bits per heavy atom. The molecule has 0 spiro atoms. The molecule has 27 heavy (non-hydrogen) atoms. The molecule has 0 unspecified atom stereocenters. The van der Waals surface area contributed by atoms with E-state index < -0.39 is 0 Å². The molecule has 6 heteroatoms. The van der Waals surface area contributed by atoms with Crippen LogP contribution in [0.4, 0.5) is 0 Å². The molecule has 0 heterocycles. The Balaban J connectivity index is 2.01. The van der Waals surface area contributed by atoms with Crippen molar-refractivity contribution in [2.75, 3.05) is 14.2 Å². The van der Waals surface area contributed by atoms with Crippen molar-refractivity contribution in [2.45, 2.75) is 32.9 Å². The maximum Gasteiger partial charge on any atom is 0.251 e. The van der Waals surface area contributed by atoms with Crippen LogP contribution in [0.3, 0.4) is 0 Å². The SMILES string of the molecule is COc1cc(CNC(=O)c2ccc(C(=O)NC(C)(C)C)cc2)cc(OC)c1. The highest BCUT2D eigenvalue weighted by atomic mass is 16.5. The van der Waals surface area contributed by atoms with Crippen LogP contribution in [-0.2, 0) is 6.54 Å². The second kappa shape index (κ2) is 8.58. The first-order valence-corrected chi connectivity index (χ1v) is 8.64. The molecular formula is C21H26N2O4. The molecule has 0 radical (unpaired) electrons. The Bertz CT molecular complexity index is 786. The molecule has 0 saturated carbocycles. The van der Waals surface area contributed by atoms with E-state index >= 15 is 0 Å². The molecule has 2 amide bonds. The number of ether oxygens (including phenoxy) is 2. The second-order valence-corrected chi connectivity index (χ2v) is 7.19. The average Bonchev–Trinajstić information content (AvgIpc) is 2.64. The van der Waals surface area contributed by atoms with E-state index in [1.165, 1.54) is 0 Å². The quantitative estimate of drug-likeness (QED) is 0.819. The van der Waals surface area contributed by atoms with Gasteiger partial charge in [0.1, 0.15) is 11.5 Å². The lowest BCUT2D eigenvalue weighted by Gasteiger charge is -2.20. The highest BCUT2D eigenvalue weighted by Crippen LogP contribution is 2.22. The van der Waals surface area contributed by atoms with Crippen molar-refractivity contribution in [1.82, 2.24) is 10.6 Å². The van der Waals surface area contributed by atoms with Gasteiger partial charge in [-0.2, -0.15) is 0 Å². The molecule has 2 aromatic carbocycles. The first-order valence-electron chi connectivity index (χ1n) is 8.64. The normalized spacial score (nSPS) is 10.9. The van der Waals surface area contributed by atoms with Crippen LogP contribution < -0.4 is 20.1 Å². The number of amides is 2. The summed E-state index contributed by atoms with van der Waals surface area (Å²) >= 11 is 0. The lowest BCUT2D eigenvalue weighted by atomic mass is 10.1. The molecule has 2 aromatic rings. The van der Waals surface area contributed by atoms with Crippen LogP contribution >= 0.6 is 0 Å². The number of hydrogen-bond donors (Lipinski definition) is 2. The monoisotopic (exact) mass is 370 g/mol. The molecular weight excluding hydrogens is 344 g/mol. The molecule has 0 saturated heterocycles. The summed E-state index contributed by atoms with van der Waals surface area (Å²) in [5.41, 5.74) is 1.54. The number of carbonyl (C=O) groups is 2. The van der Waals surface area contributed by atoms with Crippen LogP contribution in [0.25, 0.3) is 0 Å². The van der Waals surface area contributed by atoms with E-state index in [0.29, 0.717) is 29.2 Å². The van der Waals surface area contributed by atoms with Crippen molar-refractivity contribution in [2.24, 2.45) is 0 Å². The Morgan fingerprint density at radius 2 is 1.33 bits per heavy atom. The topological polar surface area (TPSA) is 76.7 Å². The summed E-state index contributed by atoms with van der Waals surface area (Å²) in [5, 5.41) is 5.74. The van der Waals surface area contributed by atoms with Gasteiger partial charge in [0.25, 0.3) is 11.8 Å². The summed E-state index contributed by atoms with van der Waals surface area (Å²) in [6.07, 6.45) is 0. The van der Waals surface area contributed by atoms with Crippen LogP contribution in [0.15, 0.2) is 42.5 Å². The maximum absolute atomic E-state index is 12.4. The van der Waals surface area contributed by atoms with E-state index in [2.05, 4.69) is 10.6 Å².